The maximum absolute atomic E-state index is 12.7. The number of benzene rings is 2. The lowest BCUT2D eigenvalue weighted by molar-refractivity contribution is 0.392. The second kappa shape index (κ2) is 8.40. The van der Waals surface area contributed by atoms with Crippen molar-refractivity contribution in [3.63, 3.8) is 0 Å². The normalized spacial score (nSPS) is 15.6. The van der Waals surface area contributed by atoms with Crippen molar-refractivity contribution < 1.29 is 27.0 Å². The van der Waals surface area contributed by atoms with Crippen LogP contribution in [0.5, 0.6) is 5.75 Å². The van der Waals surface area contributed by atoms with Gasteiger partial charge in [0, 0.05) is 6.54 Å². The number of phenols is 1. The van der Waals surface area contributed by atoms with Crippen LogP contribution >= 0.6 is 0 Å². The van der Waals surface area contributed by atoms with E-state index in [1.807, 2.05) is 23.8 Å². The highest BCUT2D eigenvalue weighted by Gasteiger charge is 2.30. The molecule has 0 saturated carbocycles. The Morgan fingerprint density at radius 3 is 2.26 bits per heavy atom. The van der Waals surface area contributed by atoms with Crippen molar-refractivity contribution in [3.8, 4) is 5.75 Å². The molecule has 11 heteroatoms. The lowest BCUT2D eigenvalue weighted by Crippen LogP contribution is -2.29. The van der Waals surface area contributed by atoms with Gasteiger partial charge in [-0.1, -0.05) is 23.8 Å². The molecule has 0 bridgehead atoms. The van der Waals surface area contributed by atoms with Crippen LogP contribution in [0.1, 0.15) is 28.7 Å². The summed E-state index contributed by atoms with van der Waals surface area (Å²) in [6.07, 6.45) is 1.90. The van der Waals surface area contributed by atoms with Gasteiger partial charge in [0.2, 0.25) is 15.9 Å². The van der Waals surface area contributed by atoms with E-state index in [0.717, 1.165) is 16.1 Å². The van der Waals surface area contributed by atoms with Gasteiger partial charge in [-0.25, -0.2) is 22.2 Å². The number of anilines is 1. The molecule has 1 heterocycles. The first-order valence-corrected chi connectivity index (χ1v) is 12.5. The molecular weight excluding hydrogens is 442 g/mol. The zero-order valence-electron chi connectivity index (χ0n) is 17.4. The Balaban J connectivity index is 1.64. The molecule has 0 fully saturated rings. The summed E-state index contributed by atoms with van der Waals surface area (Å²) >= 11 is 0. The number of rotatable bonds is 7. The Morgan fingerprint density at radius 2 is 1.71 bits per heavy atom. The summed E-state index contributed by atoms with van der Waals surface area (Å²) in [5, 5.41) is 19.6. The predicted octanol–water partition coefficient (Wildman–Crippen LogP) is 2.24. The highest BCUT2D eigenvalue weighted by molar-refractivity contribution is 7.91. The molecule has 1 aliphatic rings. The van der Waals surface area contributed by atoms with Gasteiger partial charge in [-0.05, 0) is 62.4 Å². The zero-order valence-corrected chi connectivity index (χ0v) is 19.0. The Morgan fingerprint density at radius 1 is 1.06 bits per heavy atom. The fourth-order valence-electron chi connectivity index (χ4n) is 3.66. The molecule has 9 nitrogen and oxygen atoms in total. The van der Waals surface area contributed by atoms with Crippen LogP contribution in [0, 0.1) is 20.8 Å². The summed E-state index contributed by atoms with van der Waals surface area (Å²) in [5.74, 6) is -0.824. The van der Waals surface area contributed by atoms with E-state index >= 15 is 0 Å². The van der Waals surface area contributed by atoms with Crippen molar-refractivity contribution in [2.24, 2.45) is 0 Å². The molecule has 0 unspecified atom stereocenters. The lowest BCUT2D eigenvalue weighted by atomic mass is 10.1. The fraction of sp³-hybridized carbons (Fsp3) is 0.300. The van der Waals surface area contributed by atoms with Crippen LogP contribution in [0.3, 0.4) is 0 Å². The van der Waals surface area contributed by atoms with Crippen LogP contribution < -0.4 is 13.7 Å². The van der Waals surface area contributed by atoms with Crippen molar-refractivity contribution in [1.82, 2.24) is 9.44 Å². The van der Waals surface area contributed by atoms with Crippen molar-refractivity contribution in [3.05, 3.63) is 64.7 Å². The fourth-order valence-corrected chi connectivity index (χ4v) is 6.25. The van der Waals surface area contributed by atoms with E-state index < -0.39 is 26.1 Å². The van der Waals surface area contributed by atoms with Crippen LogP contribution in [-0.4, -0.2) is 33.6 Å². The van der Waals surface area contributed by atoms with Crippen LogP contribution in [0.25, 0.3) is 0 Å². The minimum absolute atomic E-state index is 0.00803. The summed E-state index contributed by atoms with van der Waals surface area (Å²) in [5.41, 5.74) is 3.08. The number of aliphatic hydroxyl groups excluding tert-OH is 1. The Bertz CT molecular complexity index is 1230. The standard InChI is InChI=1S/C20H25N3O6S2/c1-13-9-14(2)20(15(3)10-13)30(26,27)21-8-4-5-16-6-7-17(18(24)11-16)23-12-19(25)22-31(23,28)29/h6-7,9-12,21-22,24-25H,4-5,8H2,1-3H3. The molecule has 0 amide bonds. The monoisotopic (exact) mass is 467 g/mol. The van der Waals surface area contributed by atoms with Gasteiger partial charge in [0.15, 0.2) is 0 Å². The quantitative estimate of drug-likeness (QED) is 0.461. The molecule has 3 rings (SSSR count). The summed E-state index contributed by atoms with van der Waals surface area (Å²) in [6, 6.07) is 8.13. The first-order valence-electron chi connectivity index (χ1n) is 9.53. The number of sulfonamides is 1. The molecule has 0 aromatic heterocycles. The molecule has 2 aromatic carbocycles. The molecule has 0 radical (unpaired) electrons. The van der Waals surface area contributed by atoms with E-state index in [4.69, 9.17) is 0 Å². The second-order valence-electron chi connectivity index (χ2n) is 7.47. The van der Waals surface area contributed by atoms with Gasteiger partial charge in [0.1, 0.15) is 11.4 Å². The first kappa shape index (κ1) is 22.9. The number of nitrogens with one attached hydrogen (secondary N) is 2. The number of aromatic hydroxyl groups is 1. The van der Waals surface area contributed by atoms with Crippen LogP contribution in [0.4, 0.5) is 5.69 Å². The van der Waals surface area contributed by atoms with Crippen molar-refractivity contribution in [2.75, 3.05) is 10.8 Å². The molecule has 2 aromatic rings. The number of nitrogens with zero attached hydrogens (tertiary/aromatic N) is 1. The molecule has 31 heavy (non-hydrogen) atoms. The van der Waals surface area contributed by atoms with E-state index in [1.54, 1.807) is 19.9 Å². The SMILES string of the molecule is Cc1cc(C)c(S(=O)(=O)NCCCc2ccc(N3C=C(O)NS3(=O)=O)c(O)c2)c(C)c1. The van der Waals surface area contributed by atoms with Gasteiger partial charge in [0.25, 0.3) is 0 Å². The number of phenolic OH excluding ortho intramolecular Hbond substituents is 1. The van der Waals surface area contributed by atoms with E-state index in [0.29, 0.717) is 29.5 Å². The predicted molar refractivity (Wildman–Crippen MR) is 118 cm³/mol. The average molecular weight is 468 g/mol. The van der Waals surface area contributed by atoms with Crippen LogP contribution in [0.2, 0.25) is 0 Å². The van der Waals surface area contributed by atoms with Gasteiger partial charge in [-0.3, -0.25) is 0 Å². The number of hydrogen-bond donors (Lipinski definition) is 4. The second-order valence-corrected chi connectivity index (χ2v) is 10.7. The third kappa shape index (κ3) is 4.94. The largest absolute Gasteiger partial charge is 0.506 e. The zero-order chi connectivity index (χ0) is 23.0. The van der Waals surface area contributed by atoms with Crippen LogP contribution in [-0.2, 0) is 26.7 Å². The molecule has 0 atom stereocenters. The molecule has 4 N–H and O–H groups in total. The van der Waals surface area contributed by atoms with Crippen molar-refractivity contribution in [1.29, 1.82) is 0 Å². The van der Waals surface area contributed by atoms with Gasteiger partial charge < -0.3 is 10.2 Å². The maximum Gasteiger partial charge on any atom is 0.330 e. The smallest absolute Gasteiger partial charge is 0.330 e. The number of aryl methyl sites for hydroxylation is 4. The Hall–Kier alpha value is -2.76. The molecule has 1 aliphatic heterocycles. The van der Waals surface area contributed by atoms with Gasteiger partial charge in [-0.2, -0.15) is 8.42 Å². The molecule has 0 aliphatic carbocycles. The average Bonchev–Trinajstić information content (AvgIpc) is 2.89. The Labute approximate surface area is 182 Å². The minimum atomic E-state index is -3.99. The summed E-state index contributed by atoms with van der Waals surface area (Å²) < 4.78 is 54.5. The minimum Gasteiger partial charge on any atom is -0.506 e. The van der Waals surface area contributed by atoms with Gasteiger partial charge in [-0.15, -0.1) is 0 Å². The first-order chi connectivity index (χ1) is 14.4. The number of aliphatic hydroxyl groups is 1. The van der Waals surface area contributed by atoms with E-state index in [2.05, 4.69) is 4.72 Å². The van der Waals surface area contributed by atoms with E-state index in [-0.39, 0.29) is 22.9 Å². The number of hydrogen-bond acceptors (Lipinski definition) is 6. The van der Waals surface area contributed by atoms with Crippen molar-refractivity contribution >= 4 is 25.9 Å². The maximum atomic E-state index is 12.7. The molecule has 0 spiro atoms. The Kier molecular flexibility index (Phi) is 6.21. The van der Waals surface area contributed by atoms with E-state index in [9.17, 15) is 27.0 Å². The topological polar surface area (TPSA) is 136 Å². The highest BCUT2D eigenvalue weighted by atomic mass is 32.2. The summed E-state index contributed by atoms with van der Waals surface area (Å²) in [6.45, 7) is 5.66. The van der Waals surface area contributed by atoms with Crippen LogP contribution in [0.15, 0.2) is 47.3 Å². The van der Waals surface area contributed by atoms with Gasteiger partial charge >= 0.3 is 10.2 Å². The third-order valence-corrected chi connectivity index (χ3v) is 7.87. The van der Waals surface area contributed by atoms with Gasteiger partial charge in [0.05, 0.1) is 11.1 Å². The summed E-state index contributed by atoms with van der Waals surface area (Å²) in [4.78, 5) is 0.289. The highest BCUT2D eigenvalue weighted by Crippen LogP contribution is 2.32. The molecule has 0 saturated heterocycles. The third-order valence-electron chi connectivity index (χ3n) is 4.82. The van der Waals surface area contributed by atoms with Crippen molar-refractivity contribution in [2.45, 2.75) is 38.5 Å². The van der Waals surface area contributed by atoms with E-state index in [1.165, 1.54) is 12.1 Å². The molecule has 168 valence electrons. The molecular formula is C20H25N3O6S2. The summed E-state index contributed by atoms with van der Waals surface area (Å²) in [7, 11) is -7.64. The lowest BCUT2D eigenvalue weighted by Gasteiger charge is -2.16.